The SMILES string of the molecule is CCCCC(=CC1CC1)CCC. The standard InChI is InChI=1S/C12H22/c1-3-5-7-11(6-4-2)10-12-8-9-12/h10,12H,3-9H2,1-2H3. The lowest BCUT2D eigenvalue weighted by molar-refractivity contribution is 0.736. The molecule has 0 atom stereocenters. The summed E-state index contributed by atoms with van der Waals surface area (Å²) in [5.74, 6) is 0.975. The first-order valence-electron chi connectivity index (χ1n) is 5.56. The van der Waals surface area contributed by atoms with Crippen LogP contribution in [0.2, 0.25) is 0 Å². The van der Waals surface area contributed by atoms with Gasteiger partial charge < -0.3 is 0 Å². The molecular weight excluding hydrogens is 144 g/mol. The van der Waals surface area contributed by atoms with Gasteiger partial charge in [0, 0.05) is 0 Å². The number of hydrogen-bond donors (Lipinski definition) is 0. The van der Waals surface area contributed by atoms with Crippen LogP contribution in [-0.2, 0) is 0 Å². The van der Waals surface area contributed by atoms with E-state index in [0.717, 1.165) is 5.92 Å². The average Bonchev–Trinajstić information content (AvgIpc) is 2.84. The second kappa shape index (κ2) is 5.40. The summed E-state index contributed by atoms with van der Waals surface area (Å²) < 4.78 is 0. The van der Waals surface area contributed by atoms with Crippen LogP contribution in [0.25, 0.3) is 0 Å². The van der Waals surface area contributed by atoms with E-state index in [4.69, 9.17) is 0 Å². The van der Waals surface area contributed by atoms with E-state index in [-0.39, 0.29) is 0 Å². The third-order valence-electron chi connectivity index (χ3n) is 2.52. The Morgan fingerprint density at radius 2 is 1.92 bits per heavy atom. The molecule has 0 aromatic carbocycles. The lowest BCUT2D eigenvalue weighted by Gasteiger charge is -2.04. The van der Waals surface area contributed by atoms with Crippen molar-refractivity contribution in [3.05, 3.63) is 11.6 Å². The van der Waals surface area contributed by atoms with Crippen molar-refractivity contribution in [3.63, 3.8) is 0 Å². The first-order chi connectivity index (χ1) is 5.86. The highest BCUT2D eigenvalue weighted by Gasteiger charge is 2.18. The molecule has 1 saturated carbocycles. The van der Waals surface area contributed by atoms with E-state index in [1.54, 1.807) is 5.57 Å². The fourth-order valence-corrected chi connectivity index (χ4v) is 1.61. The van der Waals surface area contributed by atoms with Gasteiger partial charge in [-0.2, -0.15) is 0 Å². The lowest BCUT2D eigenvalue weighted by atomic mass is 10.0. The van der Waals surface area contributed by atoms with E-state index in [1.165, 1.54) is 44.9 Å². The van der Waals surface area contributed by atoms with E-state index in [2.05, 4.69) is 19.9 Å². The molecule has 0 nitrogen and oxygen atoms in total. The number of unbranched alkanes of at least 4 members (excludes halogenated alkanes) is 1. The fourth-order valence-electron chi connectivity index (χ4n) is 1.61. The van der Waals surface area contributed by atoms with Gasteiger partial charge in [-0.25, -0.2) is 0 Å². The Bertz CT molecular complexity index is 140. The largest absolute Gasteiger partial charge is 0.0822 e. The van der Waals surface area contributed by atoms with Gasteiger partial charge in [-0.1, -0.05) is 38.3 Å². The normalized spacial score (nSPS) is 18.3. The highest BCUT2D eigenvalue weighted by Crippen LogP contribution is 2.33. The minimum absolute atomic E-state index is 0.975. The van der Waals surface area contributed by atoms with Gasteiger partial charge in [0.05, 0.1) is 0 Å². The van der Waals surface area contributed by atoms with Gasteiger partial charge >= 0.3 is 0 Å². The van der Waals surface area contributed by atoms with Crippen LogP contribution in [0.15, 0.2) is 11.6 Å². The lowest BCUT2D eigenvalue weighted by Crippen LogP contribution is -1.85. The minimum Gasteiger partial charge on any atom is -0.0822 e. The summed E-state index contributed by atoms with van der Waals surface area (Å²) >= 11 is 0. The topological polar surface area (TPSA) is 0 Å². The molecular formula is C12H22. The van der Waals surface area contributed by atoms with Gasteiger partial charge in [-0.15, -0.1) is 0 Å². The summed E-state index contributed by atoms with van der Waals surface area (Å²) in [6, 6.07) is 0. The second-order valence-electron chi connectivity index (χ2n) is 4.02. The first-order valence-corrected chi connectivity index (χ1v) is 5.56. The van der Waals surface area contributed by atoms with Crippen molar-refractivity contribution in [2.75, 3.05) is 0 Å². The molecule has 0 unspecified atom stereocenters. The van der Waals surface area contributed by atoms with Crippen molar-refractivity contribution >= 4 is 0 Å². The van der Waals surface area contributed by atoms with Crippen molar-refractivity contribution in [1.82, 2.24) is 0 Å². The van der Waals surface area contributed by atoms with Gasteiger partial charge in [0.2, 0.25) is 0 Å². The van der Waals surface area contributed by atoms with Gasteiger partial charge in [-0.05, 0) is 38.0 Å². The van der Waals surface area contributed by atoms with E-state index in [1.807, 2.05) is 0 Å². The Hall–Kier alpha value is -0.260. The minimum atomic E-state index is 0.975. The quantitative estimate of drug-likeness (QED) is 0.516. The molecule has 1 aliphatic rings. The zero-order valence-electron chi connectivity index (χ0n) is 8.60. The molecule has 0 saturated heterocycles. The highest BCUT2D eigenvalue weighted by molar-refractivity contribution is 5.08. The maximum absolute atomic E-state index is 2.55. The van der Waals surface area contributed by atoms with Crippen molar-refractivity contribution < 1.29 is 0 Å². The smallest absolute Gasteiger partial charge is 0.0230 e. The van der Waals surface area contributed by atoms with Crippen LogP contribution in [0.5, 0.6) is 0 Å². The molecule has 0 aliphatic heterocycles. The molecule has 0 radical (unpaired) electrons. The van der Waals surface area contributed by atoms with Crippen LogP contribution < -0.4 is 0 Å². The molecule has 0 N–H and O–H groups in total. The Labute approximate surface area is 77.1 Å². The summed E-state index contributed by atoms with van der Waals surface area (Å²) in [5.41, 5.74) is 1.74. The molecule has 0 heterocycles. The third-order valence-corrected chi connectivity index (χ3v) is 2.52. The zero-order chi connectivity index (χ0) is 8.81. The van der Waals surface area contributed by atoms with Crippen molar-refractivity contribution in [1.29, 1.82) is 0 Å². The van der Waals surface area contributed by atoms with Gasteiger partial charge in [0.25, 0.3) is 0 Å². The Kier molecular flexibility index (Phi) is 4.42. The number of hydrogen-bond acceptors (Lipinski definition) is 0. The molecule has 0 spiro atoms. The molecule has 12 heavy (non-hydrogen) atoms. The van der Waals surface area contributed by atoms with Crippen LogP contribution in [0.1, 0.15) is 58.8 Å². The predicted molar refractivity (Wildman–Crippen MR) is 55.2 cm³/mol. The van der Waals surface area contributed by atoms with Crippen LogP contribution in [0.4, 0.5) is 0 Å². The Morgan fingerprint density at radius 3 is 2.42 bits per heavy atom. The molecule has 70 valence electrons. The number of allylic oxidation sites excluding steroid dienone is 2. The fraction of sp³-hybridized carbons (Fsp3) is 0.833. The molecule has 0 aromatic rings. The zero-order valence-corrected chi connectivity index (χ0v) is 8.60. The van der Waals surface area contributed by atoms with Crippen LogP contribution in [0.3, 0.4) is 0 Å². The molecule has 1 fully saturated rings. The molecule has 0 bridgehead atoms. The number of rotatable bonds is 6. The molecule has 0 aromatic heterocycles. The summed E-state index contributed by atoms with van der Waals surface area (Å²) in [6.45, 7) is 4.56. The van der Waals surface area contributed by atoms with E-state index < -0.39 is 0 Å². The predicted octanol–water partition coefficient (Wildman–Crippen LogP) is 4.31. The summed E-state index contributed by atoms with van der Waals surface area (Å²) in [7, 11) is 0. The van der Waals surface area contributed by atoms with Gasteiger partial charge in [0.1, 0.15) is 0 Å². The van der Waals surface area contributed by atoms with Crippen LogP contribution in [0, 0.1) is 5.92 Å². The highest BCUT2D eigenvalue weighted by atomic mass is 14.2. The van der Waals surface area contributed by atoms with Crippen molar-refractivity contribution in [2.24, 2.45) is 5.92 Å². The molecule has 0 amide bonds. The molecule has 1 aliphatic carbocycles. The summed E-state index contributed by atoms with van der Waals surface area (Å²) in [4.78, 5) is 0. The van der Waals surface area contributed by atoms with Crippen molar-refractivity contribution in [3.8, 4) is 0 Å². The Balaban J connectivity index is 2.25. The van der Waals surface area contributed by atoms with Gasteiger partial charge in [0.15, 0.2) is 0 Å². The maximum atomic E-state index is 2.55. The maximum Gasteiger partial charge on any atom is -0.0230 e. The molecule has 0 heteroatoms. The monoisotopic (exact) mass is 166 g/mol. The Morgan fingerprint density at radius 1 is 1.17 bits per heavy atom. The third kappa shape index (κ3) is 3.94. The van der Waals surface area contributed by atoms with Crippen molar-refractivity contribution in [2.45, 2.75) is 58.8 Å². The van der Waals surface area contributed by atoms with Crippen LogP contribution >= 0.6 is 0 Å². The average molecular weight is 166 g/mol. The first kappa shape index (κ1) is 9.83. The summed E-state index contributed by atoms with van der Waals surface area (Å²) in [5, 5.41) is 0. The van der Waals surface area contributed by atoms with E-state index in [0.29, 0.717) is 0 Å². The second-order valence-corrected chi connectivity index (χ2v) is 4.02. The van der Waals surface area contributed by atoms with Gasteiger partial charge in [-0.3, -0.25) is 0 Å². The van der Waals surface area contributed by atoms with E-state index >= 15 is 0 Å². The van der Waals surface area contributed by atoms with E-state index in [9.17, 15) is 0 Å². The molecule has 1 rings (SSSR count). The summed E-state index contributed by atoms with van der Waals surface area (Å²) in [6.07, 6.45) is 12.2. The van der Waals surface area contributed by atoms with Crippen LogP contribution in [-0.4, -0.2) is 0 Å².